The highest BCUT2D eigenvalue weighted by Crippen LogP contribution is 2.08. The van der Waals surface area contributed by atoms with Crippen LogP contribution in [0.5, 0.6) is 0 Å². The molecule has 0 aliphatic heterocycles. The molecule has 0 spiro atoms. The Morgan fingerprint density at radius 3 is 2.60 bits per heavy atom. The predicted octanol–water partition coefficient (Wildman–Crippen LogP) is 0.530. The average molecular weight is 208 g/mol. The highest BCUT2D eigenvalue weighted by atomic mass is 16.5. The van der Waals surface area contributed by atoms with Gasteiger partial charge in [0.05, 0.1) is 12.8 Å². The smallest absolute Gasteiger partial charge is 0.356 e. The number of nitrogens with two attached hydrogens (primary N) is 1. The first-order chi connectivity index (χ1) is 7.08. The lowest BCUT2D eigenvalue weighted by molar-refractivity contribution is 0.0593. The van der Waals surface area contributed by atoms with Gasteiger partial charge in [0, 0.05) is 12.1 Å². The molecular formula is C10H12N2O3. The van der Waals surface area contributed by atoms with Crippen LogP contribution in [0.1, 0.15) is 33.5 Å². The van der Waals surface area contributed by atoms with Gasteiger partial charge in [-0.05, 0) is 19.1 Å². The maximum absolute atomic E-state index is 11.2. The second-order valence-corrected chi connectivity index (χ2v) is 2.98. The highest BCUT2D eigenvalue weighted by molar-refractivity contribution is 5.97. The van der Waals surface area contributed by atoms with Crippen LogP contribution < -0.4 is 5.73 Å². The SMILES string of the molecule is COC(=O)c1cc(C(C)=O)cc(CN)n1. The minimum absolute atomic E-state index is 0.102. The molecule has 1 rings (SSSR count). The van der Waals surface area contributed by atoms with E-state index in [1.807, 2.05) is 0 Å². The standard InChI is InChI=1S/C10H12N2O3/c1-6(13)7-3-8(5-11)12-9(4-7)10(14)15-2/h3-4H,5,11H2,1-2H3. The zero-order chi connectivity index (χ0) is 11.4. The lowest BCUT2D eigenvalue weighted by atomic mass is 10.1. The second kappa shape index (κ2) is 4.65. The number of hydrogen-bond acceptors (Lipinski definition) is 5. The molecule has 0 bridgehead atoms. The number of carbonyl (C=O) groups excluding carboxylic acids is 2. The zero-order valence-electron chi connectivity index (χ0n) is 8.61. The summed E-state index contributed by atoms with van der Waals surface area (Å²) >= 11 is 0. The van der Waals surface area contributed by atoms with E-state index >= 15 is 0 Å². The van der Waals surface area contributed by atoms with Gasteiger partial charge in [-0.15, -0.1) is 0 Å². The van der Waals surface area contributed by atoms with E-state index in [9.17, 15) is 9.59 Å². The molecule has 0 aliphatic rings. The quantitative estimate of drug-likeness (QED) is 0.578. The summed E-state index contributed by atoms with van der Waals surface area (Å²) in [5, 5.41) is 0. The minimum atomic E-state index is -0.576. The van der Waals surface area contributed by atoms with Gasteiger partial charge >= 0.3 is 5.97 Å². The molecule has 5 heteroatoms. The summed E-state index contributed by atoms with van der Waals surface area (Å²) in [4.78, 5) is 26.3. The van der Waals surface area contributed by atoms with Crippen molar-refractivity contribution in [2.75, 3.05) is 7.11 Å². The van der Waals surface area contributed by atoms with Gasteiger partial charge in [-0.25, -0.2) is 9.78 Å². The largest absolute Gasteiger partial charge is 0.464 e. The molecule has 0 unspecified atom stereocenters. The number of carbonyl (C=O) groups is 2. The number of Topliss-reactive ketones (excluding diaryl/α,β-unsaturated/α-hetero) is 1. The van der Waals surface area contributed by atoms with E-state index in [2.05, 4.69) is 9.72 Å². The molecule has 1 aromatic rings. The molecule has 1 aromatic heterocycles. The Bertz CT molecular complexity index is 402. The molecule has 5 nitrogen and oxygen atoms in total. The Kier molecular flexibility index (Phi) is 3.51. The number of methoxy groups -OCH3 is 1. The van der Waals surface area contributed by atoms with Crippen molar-refractivity contribution in [2.24, 2.45) is 5.73 Å². The normalized spacial score (nSPS) is 9.80. The average Bonchev–Trinajstić information content (AvgIpc) is 2.27. The van der Waals surface area contributed by atoms with E-state index in [1.165, 1.54) is 20.1 Å². The third-order valence-electron chi connectivity index (χ3n) is 1.89. The van der Waals surface area contributed by atoms with E-state index in [0.29, 0.717) is 11.3 Å². The van der Waals surface area contributed by atoms with Crippen molar-refractivity contribution >= 4 is 11.8 Å². The zero-order valence-corrected chi connectivity index (χ0v) is 8.61. The lowest BCUT2D eigenvalue weighted by Gasteiger charge is -2.04. The van der Waals surface area contributed by atoms with Crippen LogP contribution in [0.15, 0.2) is 12.1 Å². The van der Waals surface area contributed by atoms with Crippen LogP contribution in [0.25, 0.3) is 0 Å². The molecule has 0 amide bonds. The number of pyridine rings is 1. The molecule has 80 valence electrons. The van der Waals surface area contributed by atoms with Crippen molar-refractivity contribution in [3.63, 3.8) is 0 Å². The van der Waals surface area contributed by atoms with Gasteiger partial charge in [-0.3, -0.25) is 4.79 Å². The number of aromatic nitrogens is 1. The van der Waals surface area contributed by atoms with Crippen molar-refractivity contribution in [3.05, 3.63) is 29.1 Å². The van der Waals surface area contributed by atoms with Crippen molar-refractivity contribution in [1.82, 2.24) is 4.98 Å². The number of esters is 1. The first-order valence-corrected chi connectivity index (χ1v) is 4.38. The summed E-state index contributed by atoms with van der Waals surface area (Å²) in [6, 6.07) is 2.96. The van der Waals surface area contributed by atoms with Gasteiger partial charge in [-0.2, -0.15) is 0 Å². The molecule has 0 aliphatic carbocycles. The predicted molar refractivity (Wildman–Crippen MR) is 53.5 cm³/mol. The van der Waals surface area contributed by atoms with Gasteiger partial charge in [0.15, 0.2) is 5.78 Å². The Balaban J connectivity index is 3.23. The minimum Gasteiger partial charge on any atom is -0.464 e. The van der Waals surface area contributed by atoms with E-state index < -0.39 is 5.97 Å². The van der Waals surface area contributed by atoms with Gasteiger partial charge in [-0.1, -0.05) is 0 Å². The fraction of sp³-hybridized carbons (Fsp3) is 0.300. The van der Waals surface area contributed by atoms with Crippen molar-refractivity contribution < 1.29 is 14.3 Å². The number of ketones is 1. The summed E-state index contributed by atoms with van der Waals surface area (Å²) in [5.41, 5.74) is 6.40. The maximum Gasteiger partial charge on any atom is 0.356 e. The molecule has 15 heavy (non-hydrogen) atoms. The van der Waals surface area contributed by atoms with Crippen molar-refractivity contribution in [1.29, 1.82) is 0 Å². The van der Waals surface area contributed by atoms with Crippen LogP contribution in [0.4, 0.5) is 0 Å². The maximum atomic E-state index is 11.2. The molecule has 0 aromatic carbocycles. The Labute approximate surface area is 87.3 Å². The van der Waals surface area contributed by atoms with Crippen molar-refractivity contribution in [2.45, 2.75) is 13.5 Å². The molecule has 0 fully saturated rings. The van der Waals surface area contributed by atoms with Gasteiger partial charge < -0.3 is 10.5 Å². The Morgan fingerprint density at radius 1 is 1.47 bits per heavy atom. The van der Waals surface area contributed by atoms with E-state index in [0.717, 1.165) is 0 Å². The van der Waals surface area contributed by atoms with E-state index in [4.69, 9.17) is 5.73 Å². The molecule has 0 atom stereocenters. The lowest BCUT2D eigenvalue weighted by Crippen LogP contribution is -2.10. The third kappa shape index (κ3) is 2.60. The summed E-state index contributed by atoms with van der Waals surface area (Å²) < 4.78 is 4.52. The second-order valence-electron chi connectivity index (χ2n) is 2.98. The monoisotopic (exact) mass is 208 g/mol. The molecule has 0 radical (unpaired) electrons. The van der Waals surface area contributed by atoms with Crippen LogP contribution in [0.3, 0.4) is 0 Å². The number of ether oxygens (including phenoxy) is 1. The van der Waals surface area contributed by atoms with Gasteiger partial charge in [0.25, 0.3) is 0 Å². The van der Waals surface area contributed by atoms with E-state index in [1.54, 1.807) is 6.07 Å². The molecule has 0 saturated heterocycles. The van der Waals surface area contributed by atoms with Crippen molar-refractivity contribution in [3.8, 4) is 0 Å². The molecule has 2 N–H and O–H groups in total. The van der Waals surface area contributed by atoms with E-state index in [-0.39, 0.29) is 18.0 Å². The van der Waals surface area contributed by atoms with Crippen LogP contribution in [-0.4, -0.2) is 23.8 Å². The number of hydrogen-bond donors (Lipinski definition) is 1. The van der Waals surface area contributed by atoms with Crippen LogP contribution in [0, 0.1) is 0 Å². The molecule has 1 heterocycles. The van der Waals surface area contributed by atoms with Crippen LogP contribution in [0.2, 0.25) is 0 Å². The first kappa shape index (κ1) is 11.3. The summed E-state index contributed by atoms with van der Waals surface area (Å²) in [6.07, 6.45) is 0. The summed E-state index contributed by atoms with van der Waals surface area (Å²) in [5.74, 6) is -0.718. The van der Waals surface area contributed by atoms with Gasteiger partial charge in [0.2, 0.25) is 0 Å². The van der Waals surface area contributed by atoms with Gasteiger partial charge in [0.1, 0.15) is 5.69 Å². The Hall–Kier alpha value is -1.75. The first-order valence-electron chi connectivity index (χ1n) is 4.38. The fourth-order valence-corrected chi connectivity index (χ4v) is 1.10. The molecular weight excluding hydrogens is 196 g/mol. The topological polar surface area (TPSA) is 82.3 Å². The molecule has 0 saturated carbocycles. The Morgan fingerprint density at radius 2 is 2.13 bits per heavy atom. The third-order valence-corrected chi connectivity index (χ3v) is 1.89. The fourth-order valence-electron chi connectivity index (χ4n) is 1.10. The number of nitrogens with zero attached hydrogens (tertiary/aromatic N) is 1. The summed E-state index contributed by atoms with van der Waals surface area (Å²) in [6.45, 7) is 1.59. The number of rotatable bonds is 3. The van der Waals surface area contributed by atoms with Crippen LogP contribution in [-0.2, 0) is 11.3 Å². The highest BCUT2D eigenvalue weighted by Gasteiger charge is 2.11. The summed E-state index contributed by atoms with van der Waals surface area (Å²) in [7, 11) is 1.26. The van der Waals surface area contributed by atoms with Crippen LogP contribution >= 0.6 is 0 Å².